The Morgan fingerprint density at radius 1 is 1.26 bits per heavy atom. The molecule has 1 atom stereocenters. The monoisotopic (exact) mass is 422 g/mol. The minimum Gasteiger partial charge on any atom is -0.496 e. The van der Waals surface area contributed by atoms with Gasteiger partial charge in [-0.2, -0.15) is 5.26 Å². The summed E-state index contributed by atoms with van der Waals surface area (Å²) < 4.78 is 12.1. The fraction of sp³-hybridized carbons (Fsp3) is 0.100. The number of rotatable bonds is 3. The number of nitriles is 1. The number of aromatic nitrogens is 2. The van der Waals surface area contributed by atoms with Gasteiger partial charge >= 0.3 is 0 Å². The molecule has 6 nitrogen and oxygen atoms in total. The lowest BCUT2D eigenvalue weighted by Gasteiger charge is -2.25. The average Bonchev–Trinajstić information content (AvgIpc) is 3.10. The van der Waals surface area contributed by atoms with Gasteiger partial charge in [-0.05, 0) is 23.8 Å². The van der Waals surface area contributed by atoms with Crippen LogP contribution in [0.5, 0.6) is 11.6 Å². The standard InChI is InChI=1S/C20H15BrN4O2/c1-26-15-8-7-12(21)9-13(15)16-14(10-22)19(23)27-20-17(16)18(24-25-20)11-5-3-2-4-6-11/h2-9,16H,23H2,1H3,(H,24,25)/t16-/m1/s1. The molecule has 0 aliphatic carbocycles. The highest BCUT2D eigenvalue weighted by molar-refractivity contribution is 9.10. The highest BCUT2D eigenvalue weighted by atomic mass is 79.9. The Labute approximate surface area is 164 Å². The number of hydrogen-bond donors (Lipinski definition) is 2. The minimum atomic E-state index is -0.472. The van der Waals surface area contributed by atoms with Crippen molar-refractivity contribution >= 4 is 15.9 Å². The Balaban J connectivity index is 2.01. The second-order valence-corrected chi connectivity index (χ2v) is 6.91. The maximum atomic E-state index is 9.80. The van der Waals surface area contributed by atoms with E-state index in [1.807, 2.05) is 48.5 Å². The first-order valence-electron chi connectivity index (χ1n) is 8.18. The zero-order chi connectivity index (χ0) is 19.0. The number of nitrogens with one attached hydrogen (secondary N) is 1. The second-order valence-electron chi connectivity index (χ2n) is 5.99. The van der Waals surface area contributed by atoms with Crippen molar-refractivity contribution in [3.8, 4) is 29.0 Å². The molecule has 2 heterocycles. The quantitative estimate of drug-likeness (QED) is 0.662. The number of benzene rings is 2. The number of halogens is 1. The van der Waals surface area contributed by atoms with Crippen LogP contribution in [0.2, 0.25) is 0 Å². The minimum absolute atomic E-state index is 0.0446. The number of ether oxygens (including phenoxy) is 2. The summed E-state index contributed by atoms with van der Waals surface area (Å²) in [7, 11) is 1.60. The molecule has 0 bridgehead atoms. The molecule has 134 valence electrons. The van der Waals surface area contributed by atoms with Crippen LogP contribution in [0.25, 0.3) is 11.3 Å². The molecular weight excluding hydrogens is 408 g/mol. The van der Waals surface area contributed by atoms with E-state index in [4.69, 9.17) is 15.2 Å². The molecule has 1 aromatic heterocycles. The smallest absolute Gasteiger partial charge is 0.244 e. The first-order chi connectivity index (χ1) is 13.1. The highest BCUT2D eigenvalue weighted by Gasteiger charge is 2.37. The van der Waals surface area contributed by atoms with Crippen LogP contribution in [0.15, 0.2) is 64.5 Å². The van der Waals surface area contributed by atoms with Gasteiger partial charge in [0.15, 0.2) is 0 Å². The normalized spacial score (nSPS) is 15.7. The third kappa shape index (κ3) is 2.84. The van der Waals surface area contributed by atoms with E-state index in [0.29, 0.717) is 17.2 Å². The summed E-state index contributed by atoms with van der Waals surface area (Å²) in [5.41, 5.74) is 9.62. The Bertz CT molecular complexity index is 1080. The van der Waals surface area contributed by atoms with Gasteiger partial charge in [-0.25, -0.2) is 0 Å². The zero-order valence-electron chi connectivity index (χ0n) is 14.4. The van der Waals surface area contributed by atoms with E-state index in [1.54, 1.807) is 7.11 Å². The van der Waals surface area contributed by atoms with Crippen LogP contribution < -0.4 is 15.2 Å². The number of hydrogen-bond acceptors (Lipinski definition) is 5. The first kappa shape index (κ1) is 17.2. The summed E-state index contributed by atoms with van der Waals surface area (Å²) in [6.07, 6.45) is 0. The lowest BCUT2D eigenvalue weighted by molar-refractivity contribution is 0.375. The number of nitrogens with zero attached hydrogens (tertiary/aromatic N) is 2. The Hall–Kier alpha value is -3.24. The van der Waals surface area contributed by atoms with Crippen LogP contribution in [-0.2, 0) is 0 Å². The van der Waals surface area contributed by atoms with Crippen molar-refractivity contribution < 1.29 is 9.47 Å². The maximum absolute atomic E-state index is 9.80. The lowest BCUT2D eigenvalue weighted by atomic mass is 9.82. The Kier molecular flexibility index (Phi) is 4.34. The van der Waals surface area contributed by atoms with Crippen LogP contribution in [-0.4, -0.2) is 17.3 Å². The lowest BCUT2D eigenvalue weighted by Crippen LogP contribution is -2.21. The van der Waals surface area contributed by atoms with Crippen LogP contribution >= 0.6 is 15.9 Å². The van der Waals surface area contributed by atoms with Gasteiger partial charge in [0.2, 0.25) is 11.8 Å². The van der Waals surface area contributed by atoms with Gasteiger partial charge in [-0.3, -0.25) is 5.10 Å². The highest BCUT2D eigenvalue weighted by Crippen LogP contribution is 2.48. The molecular formula is C20H15BrN4O2. The van der Waals surface area contributed by atoms with Crippen molar-refractivity contribution in [2.45, 2.75) is 5.92 Å². The number of fused-ring (bicyclic) bond motifs is 1. The predicted molar refractivity (Wildman–Crippen MR) is 104 cm³/mol. The summed E-state index contributed by atoms with van der Waals surface area (Å²) in [6.45, 7) is 0. The van der Waals surface area contributed by atoms with Gasteiger partial charge in [-0.15, -0.1) is 5.10 Å². The Morgan fingerprint density at radius 2 is 2.04 bits per heavy atom. The second kappa shape index (κ2) is 6.82. The predicted octanol–water partition coefficient (Wildman–Crippen LogP) is 4.07. The van der Waals surface area contributed by atoms with Crippen LogP contribution in [0, 0.1) is 11.3 Å². The van der Waals surface area contributed by atoms with Crippen LogP contribution in [0.4, 0.5) is 0 Å². The van der Waals surface area contributed by atoms with E-state index in [2.05, 4.69) is 32.2 Å². The first-order valence-corrected chi connectivity index (χ1v) is 8.98. The molecule has 4 rings (SSSR count). The third-order valence-corrected chi connectivity index (χ3v) is 5.00. The van der Waals surface area contributed by atoms with Gasteiger partial charge in [0.1, 0.15) is 17.4 Å². The number of aromatic amines is 1. The number of H-pyrrole nitrogens is 1. The molecule has 0 unspecified atom stereocenters. The molecule has 0 spiro atoms. The van der Waals surface area contributed by atoms with Crippen molar-refractivity contribution in [3.05, 3.63) is 75.6 Å². The van der Waals surface area contributed by atoms with Crippen molar-refractivity contribution in [3.63, 3.8) is 0 Å². The molecule has 0 saturated heterocycles. The third-order valence-electron chi connectivity index (χ3n) is 4.50. The summed E-state index contributed by atoms with van der Waals surface area (Å²) >= 11 is 3.50. The molecule has 7 heteroatoms. The van der Waals surface area contributed by atoms with Gasteiger partial charge in [0, 0.05) is 10.0 Å². The zero-order valence-corrected chi connectivity index (χ0v) is 15.9. The molecule has 27 heavy (non-hydrogen) atoms. The van der Waals surface area contributed by atoms with E-state index in [9.17, 15) is 5.26 Å². The molecule has 3 N–H and O–H groups in total. The van der Waals surface area contributed by atoms with Gasteiger partial charge in [0.05, 0.1) is 24.3 Å². The molecule has 0 amide bonds. The van der Waals surface area contributed by atoms with Crippen molar-refractivity contribution in [2.75, 3.05) is 7.11 Å². The van der Waals surface area contributed by atoms with E-state index in [-0.39, 0.29) is 5.88 Å². The average molecular weight is 423 g/mol. The van der Waals surface area contributed by atoms with Gasteiger partial charge in [-0.1, -0.05) is 46.3 Å². The molecule has 1 aliphatic heterocycles. The molecule has 2 aromatic carbocycles. The summed E-state index contributed by atoms with van der Waals surface area (Å²) in [5.74, 6) is 0.581. The van der Waals surface area contributed by atoms with Crippen molar-refractivity contribution in [1.29, 1.82) is 5.26 Å². The van der Waals surface area contributed by atoms with Crippen LogP contribution in [0.1, 0.15) is 17.0 Å². The molecule has 0 saturated carbocycles. The fourth-order valence-corrected chi connectivity index (χ4v) is 3.69. The van der Waals surface area contributed by atoms with E-state index in [0.717, 1.165) is 26.9 Å². The molecule has 3 aromatic rings. The van der Waals surface area contributed by atoms with E-state index in [1.165, 1.54) is 0 Å². The van der Waals surface area contributed by atoms with Crippen molar-refractivity contribution in [1.82, 2.24) is 10.2 Å². The molecule has 0 radical (unpaired) electrons. The van der Waals surface area contributed by atoms with E-state index < -0.39 is 5.92 Å². The largest absolute Gasteiger partial charge is 0.496 e. The topological polar surface area (TPSA) is 96.9 Å². The van der Waals surface area contributed by atoms with E-state index >= 15 is 0 Å². The number of allylic oxidation sites excluding steroid dienone is 1. The number of nitrogens with two attached hydrogens (primary N) is 1. The maximum Gasteiger partial charge on any atom is 0.244 e. The van der Waals surface area contributed by atoms with Crippen molar-refractivity contribution in [2.24, 2.45) is 5.73 Å². The molecule has 1 aliphatic rings. The molecule has 0 fully saturated rings. The SMILES string of the molecule is COc1ccc(Br)cc1[C@@H]1C(C#N)=C(N)Oc2n[nH]c(-c3ccccc3)c21. The summed E-state index contributed by atoms with van der Waals surface area (Å²) in [6, 6.07) is 17.6. The number of methoxy groups -OCH3 is 1. The van der Waals surface area contributed by atoms with Gasteiger partial charge < -0.3 is 15.2 Å². The Morgan fingerprint density at radius 3 is 2.74 bits per heavy atom. The summed E-state index contributed by atoms with van der Waals surface area (Å²) in [5, 5.41) is 17.1. The van der Waals surface area contributed by atoms with Gasteiger partial charge in [0.25, 0.3) is 0 Å². The summed E-state index contributed by atoms with van der Waals surface area (Å²) in [4.78, 5) is 0. The van der Waals surface area contributed by atoms with Crippen LogP contribution in [0.3, 0.4) is 0 Å². The fourth-order valence-electron chi connectivity index (χ4n) is 3.31.